The van der Waals surface area contributed by atoms with Gasteiger partial charge in [0.1, 0.15) is 6.04 Å². The predicted molar refractivity (Wildman–Crippen MR) is 131 cm³/mol. The van der Waals surface area contributed by atoms with Crippen LogP contribution in [0.5, 0.6) is 0 Å². The van der Waals surface area contributed by atoms with E-state index in [0.29, 0.717) is 10.0 Å². The Labute approximate surface area is 205 Å². The average Bonchev–Trinajstić information content (AvgIpc) is 2.78. The maximum Gasteiger partial charge on any atom is 0.243 e. The molecular formula is C23H29Cl2N3O4S. The summed E-state index contributed by atoms with van der Waals surface area (Å²) in [5.41, 5.74) is 0.763. The molecule has 0 aliphatic heterocycles. The van der Waals surface area contributed by atoms with E-state index in [2.05, 4.69) is 5.32 Å². The van der Waals surface area contributed by atoms with Crippen LogP contribution in [-0.2, 0) is 26.2 Å². The molecule has 0 aliphatic rings. The standard InChI is InChI=1S/C23H29Cl2N3O4S/c1-5-16(2)26-23(30)17(3)28(14-18-6-8-19(24)9-7-18)22(29)15-27(4)33(31,32)21-12-10-20(25)11-13-21/h6-13,16-17H,5,14-15H2,1-4H3,(H,26,30)/t16-,17+/m1/s1. The Morgan fingerprint density at radius 2 is 1.48 bits per heavy atom. The lowest BCUT2D eigenvalue weighted by atomic mass is 10.1. The molecule has 0 spiro atoms. The lowest BCUT2D eigenvalue weighted by Gasteiger charge is -2.31. The Morgan fingerprint density at radius 1 is 0.970 bits per heavy atom. The zero-order valence-corrected chi connectivity index (χ0v) is 21.4. The maximum absolute atomic E-state index is 13.3. The Morgan fingerprint density at radius 3 is 2.00 bits per heavy atom. The number of carbonyl (C=O) groups excluding carboxylic acids is 2. The number of sulfonamides is 1. The summed E-state index contributed by atoms with van der Waals surface area (Å²) in [4.78, 5) is 27.4. The quantitative estimate of drug-likeness (QED) is 0.521. The van der Waals surface area contributed by atoms with Gasteiger partial charge in [-0.05, 0) is 62.2 Å². The molecule has 2 atom stereocenters. The van der Waals surface area contributed by atoms with Crippen LogP contribution in [0.3, 0.4) is 0 Å². The normalized spacial score (nSPS) is 13.4. The van der Waals surface area contributed by atoms with Crippen LogP contribution in [0.4, 0.5) is 0 Å². The number of hydrogen-bond donors (Lipinski definition) is 1. The highest BCUT2D eigenvalue weighted by Crippen LogP contribution is 2.19. The summed E-state index contributed by atoms with van der Waals surface area (Å²) < 4.78 is 26.8. The van der Waals surface area contributed by atoms with Gasteiger partial charge < -0.3 is 10.2 Å². The largest absolute Gasteiger partial charge is 0.352 e. The molecule has 0 radical (unpaired) electrons. The van der Waals surface area contributed by atoms with Crippen LogP contribution in [0.2, 0.25) is 10.0 Å². The summed E-state index contributed by atoms with van der Waals surface area (Å²) in [5, 5.41) is 3.83. The second kappa shape index (κ2) is 11.8. The van der Waals surface area contributed by atoms with E-state index >= 15 is 0 Å². The van der Waals surface area contributed by atoms with Gasteiger partial charge in [0.05, 0.1) is 11.4 Å². The third kappa shape index (κ3) is 7.43. The van der Waals surface area contributed by atoms with Crippen molar-refractivity contribution in [3.63, 3.8) is 0 Å². The highest BCUT2D eigenvalue weighted by atomic mass is 35.5. The van der Waals surface area contributed by atoms with E-state index in [-0.39, 0.29) is 23.4 Å². The minimum absolute atomic E-state index is 0.0222. The molecule has 0 heterocycles. The third-order valence-corrected chi connectivity index (χ3v) is 7.64. The number of benzene rings is 2. The first-order valence-electron chi connectivity index (χ1n) is 10.5. The molecule has 10 heteroatoms. The molecule has 2 rings (SSSR count). The van der Waals surface area contributed by atoms with Gasteiger partial charge in [-0.1, -0.05) is 42.3 Å². The van der Waals surface area contributed by atoms with Crippen molar-refractivity contribution in [2.45, 2.75) is 50.7 Å². The van der Waals surface area contributed by atoms with Crippen molar-refractivity contribution in [1.82, 2.24) is 14.5 Å². The molecule has 1 N–H and O–H groups in total. The molecule has 7 nitrogen and oxygen atoms in total. The fraction of sp³-hybridized carbons (Fsp3) is 0.391. The minimum Gasteiger partial charge on any atom is -0.352 e. The van der Waals surface area contributed by atoms with Crippen molar-refractivity contribution in [2.24, 2.45) is 0 Å². The zero-order valence-electron chi connectivity index (χ0n) is 19.1. The Bertz CT molecular complexity index is 1060. The number of nitrogens with one attached hydrogen (secondary N) is 1. The molecule has 180 valence electrons. The first-order chi connectivity index (χ1) is 15.4. The number of likely N-dealkylation sites (N-methyl/N-ethyl adjacent to an activating group) is 1. The maximum atomic E-state index is 13.3. The van der Waals surface area contributed by atoms with E-state index in [0.717, 1.165) is 16.3 Å². The summed E-state index contributed by atoms with van der Waals surface area (Å²) in [7, 11) is -2.60. The van der Waals surface area contributed by atoms with Crippen LogP contribution in [-0.4, -0.2) is 55.1 Å². The summed E-state index contributed by atoms with van der Waals surface area (Å²) in [6.07, 6.45) is 0.742. The smallest absolute Gasteiger partial charge is 0.243 e. The zero-order chi connectivity index (χ0) is 24.8. The molecule has 0 saturated heterocycles. The molecule has 0 fully saturated rings. The molecule has 0 saturated carbocycles. The molecule has 0 aliphatic carbocycles. The number of amides is 2. The summed E-state index contributed by atoms with van der Waals surface area (Å²) in [6.45, 7) is 5.14. The molecular weight excluding hydrogens is 485 g/mol. The van der Waals surface area contributed by atoms with E-state index < -0.39 is 28.5 Å². The topological polar surface area (TPSA) is 86.8 Å². The molecule has 0 aromatic heterocycles. The predicted octanol–water partition coefficient (Wildman–Crippen LogP) is 3.95. The Balaban J connectivity index is 2.26. The van der Waals surface area contributed by atoms with Crippen molar-refractivity contribution in [2.75, 3.05) is 13.6 Å². The SMILES string of the molecule is CC[C@@H](C)NC(=O)[C@H](C)N(Cc1ccc(Cl)cc1)C(=O)CN(C)S(=O)(=O)c1ccc(Cl)cc1. The number of nitrogens with zero attached hydrogens (tertiary/aromatic N) is 2. The second-order valence-electron chi connectivity index (χ2n) is 7.86. The van der Waals surface area contributed by atoms with E-state index in [4.69, 9.17) is 23.2 Å². The average molecular weight is 514 g/mol. The van der Waals surface area contributed by atoms with Gasteiger partial charge in [-0.15, -0.1) is 0 Å². The lowest BCUT2D eigenvalue weighted by molar-refractivity contribution is -0.140. The molecule has 2 amide bonds. The number of hydrogen-bond acceptors (Lipinski definition) is 4. The number of carbonyl (C=O) groups is 2. The van der Waals surface area contributed by atoms with Crippen molar-refractivity contribution >= 4 is 45.0 Å². The van der Waals surface area contributed by atoms with Crippen LogP contribution in [0.15, 0.2) is 53.4 Å². The first kappa shape index (κ1) is 27.1. The van der Waals surface area contributed by atoms with Gasteiger partial charge in [0, 0.05) is 29.7 Å². The van der Waals surface area contributed by atoms with Crippen LogP contribution >= 0.6 is 23.2 Å². The van der Waals surface area contributed by atoms with Crippen LogP contribution < -0.4 is 5.32 Å². The van der Waals surface area contributed by atoms with Gasteiger partial charge in [0.25, 0.3) is 0 Å². The van der Waals surface area contributed by atoms with Gasteiger partial charge >= 0.3 is 0 Å². The highest BCUT2D eigenvalue weighted by Gasteiger charge is 2.30. The Kier molecular flexibility index (Phi) is 9.72. The highest BCUT2D eigenvalue weighted by molar-refractivity contribution is 7.89. The number of halogens is 2. The summed E-state index contributed by atoms with van der Waals surface area (Å²) >= 11 is 11.8. The monoisotopic (exact) mass is 513 g/mol. The summed E-state index contributed by atoms with van der Waals surface area (Å²) in [5.74, 6) is -0.813. The minimum atomic E-state index is -3.92. The van der Waals surface area contributed by atoms with Crippen molar-refractivity contribution in [1.29, 1.82) is 0 Å². The molecule has 33 heavy (non-hydrogen) atoms. The van der Waals surface area contributed by atoms with Crippen LogP contribution in [0.1, 0.15) is 32.8 Å². The van der Waals surface area contributed by atoms with Gasteiger partial charge in [0.15, 0.2) is 0 Å². The molecule has 2 aromatic carbocycles. The third-order valence-electron chi connectivity index (χ3n) is 5.31. The van der Waals surface area contributed by atoms with Crippen molar-refractivity contribution in [3.05, 3.63) is 64.1 Å². The van der Waals surface area contributed by atoms with E-state index in [1.54, 1.807) is 31.2 Å². The van der Waals surface area contributed by atoms with Gasteiger partial charge in [-0.2, -0.15) is 4.31 Å². The lowest BCUT2D eigenvalue weighted by Crippen LogP contribution is -2.51. The van der Waals surface area contributed by atoms with Crippen LogP contribution in [0, 0.1) is 0 Å². The van der Waals surface area contributed by atoms with Gasteiger partial charge in [-0.25, -0.2) is 8.42 Å². The number of rotatable bonds is 10. The second-order valence-corrected chi connectivity index (χ2v) is 10.8. The van der Waals surface area contributed by atoms with Gasteiger partial charge in [0.2, 0.25) is 21.8 Å². The first-order valence-corrected chi connectivity index (χ1v) is 12.7. The fourth-order valence-electron chi connectivity index (χ4n) is 2.99. The van der Waals surface area contributed by atoms with E-state index in [1.807, 2.05) is 13.8 Å². The van der Waals surface area contributed by atoms with Crippen LogP contribution in [0.25, 0.3) is 0 Å². The van der Waals surface area contributed by atoms with Crippen molar-refractivity contribution in [3.8, 4) is 0 Å². The van der Waals surface area contributed by atoms with E-state index in [1.165, 1.54) is 36.2 Å². The fourth-order valence-corrected chi connectivity index (χ4v) is 4.36. The Hall–Kier alpha value is -2.13. The molecule has 0 bridgehead atoms. The van der Waals surface area contributed by atoms with Gasteiger partial charge in [-0.3, -0.25) is 9.59 Å². The molecule has 2 aromatic rings. The van der Waals surface area contributed by atoms with E-state index in [9.17, 15) is 18.0 Å². The van der Waals surface area contributed by atoms with Crippen molar-refractivity contribution < 1.29 is 18.0 Å². The molecule has 0 unspecified atom stereocenters. The summed E-state index contributed by atoms with van der Waals surface area (Å²) in [6, 6.07) is 11.7.